The summed E-state index contributed by atoms with van der Waals surface area (Å²) >= 11 is 6.04. The predicted octanol–water partition coefficient (Wildman–Crippen LogP) is 3.47. The molecule has 1 aliphatic carbocycles. The van der Waals surface area contributed by atoms with E-state index in [9.17, 15) is 18.0 Å². The summed E-state index contributed by atoms with van der Waals surface area (Å²) in [6.45, 7) is 0. The molecule has 2 heterocycles. The fourth-order valence-corrected chi connectivity index (χ4v) is 3.05. The molecule has 1 fully saturated rings. The van der Waals surface area contributed by atoms with E-state index in [1.54, 1.807) is 0 Å². The Balaban J connectivity index is 2.04. The molecule has 0 saturated heterocycles. The van der Waals surface area contributed by atoms with Crippen molar-refractivity contribution in [3.05, 3.63) is 28.3 Å². The van der Waals surface area contributed by atoms with Crippen LogP contribution in [0.5, 0.6) is 0 Å². The molecular weight excluding hydrogens is 307 g/mol. The van der Waals surface area contributed by atoms with Crippen LogP contribution in [0, 0.1) is 0 Å². The van der Waals surface area contributed by atoms with Gasteiger partial charge in [0.15, 0.2) is 5.65 Å². The minimum Gasteiger partial charge on any atom is -0.304 e. The summed E-state index contributed by atoms with van der Waals surface area (Å²) in [5.41, 5.74) is -0.906. The van der Waals surface area contributed by atoms with Crippen LogP contribution in [0.2, 0.25) is 0 Å². The van der Waals surface area contributed by atoms with Crippen LogP contribution in [0.3, 0.4) is 0 Å². The molecule has 0 aliphatic heterocycles. The molecule has 0 radical (unpaired) electrons. The summed E-state index contributed by atoms with van der Waals surface area (Å²) in [6, 6.07) is 0.860. The summed E-state index contributed by atoms with van der Waals surface area (Å²) in [4.78, 5) is 18.3. The Labute approximate surface area is 122 Å². The molecule has 2 aromatic rings. The van der Waals surface area contributed by atoms with Gasteiger partial charge in [-0.1, -0.05) is 0 Å². The molecule has 1 saturated carbocycles. The van der Waals surface area contributed by atoms with E-state index in [1.165, 1.54) is 4.57 Å². The average Bonchev–Trinajstić information content (AvgIpc) is 2.74. The topological polar surface area (TPSA) is 50.7 Å². The molecule has 21 heavy (non-hydrogen) atoms. The van der Waals surface area contributed by atoms with E-state index in [0.29, 0.717) is 0 Å². The first kappa shape index (κ1) is 14.4. The number of halogens is 4. The van der Waals surface area contributed by atoms with Crippen LogP contribution in [0.4, 0.5) is 13.2 Å². The summed E-state index contributed by atoms with van der Waals surface area (Å²) < 4.78 is 39.5. The molecule has 3 rings (SSSR count). The first-order valence-electron chi connectivity index (χ1n) is 6.68. The van der Waals surface area contributed by atoms with Crippen LogP contribution in [-0.2, 0) is 6.18 Å². The van der Waals surface area contributed by atoms with Crippen molar-refractivity contribution in [2.24, 2.45) is 0 Å². The third kappa shape index (κ3) is 2.66. The largest absolute Gasteiger partial charge is 0.417 e. The number of nitrogens with one attached hydrogen (secondary N) is 1. The molecule has 1 N–H and O–H groups in total. The van der Waals surface area contributed by atoms with Gasteiger partial charge >= 0.3 is 11.9 Å². The van der Waals surface area contributed by atoms with E-state index in [1.807, 2.05) is 0 Å². The second-order valence-corrected chi connectivity index (χ2v) is 5.92. The van der Waals surface area contributed by atoms with E-state index >= 15 is 0 Å². The number of hydrogen-bond acceptors (Lipinski definition) is 2. The maximum absolute atomic E-state index is 12.7. The van der Waals surface area contributed by atoms with E-state index < -0.39 is 17.4 Å². The summed E-state index contributed by atoms with van der Waals surface area (Å²) in [5.74, 6) is 0. The fraction of sp³-hybridized carbons (Fsp3) is 0.538. The molecule has 0 atom stereocenters. The Kier molecular flexibility index (Phi) is 3.47. The molecule has 0 amide bonds. The zero-order chi connectivity index (χ0) is 15.2. The van der Waals surface area contributed by atoms with Crippen LogP contribution in [0.25, 0.3) is 11.2 Å². The lowest BCUT2D eigenvalue weighted by Gasteiger charge is -2.25. The van der Waals surface area contributed by atoms with Gasteiger partial charge in [-0.25, -0.2) is 9.78 Å². The maximum atomic E-state index is 12.7. The van der Waals surface area contributed by atoms with Crippen LogP contribution >= 0.6 is 11.6 Å². The van der Waals surface area contributed by atoms with Crippen molar-refractivity contribution in [1.82, 2.24) is 14.5 Å². The first-order chi connectivity index (χ1) is 9.86. The van der Waals surface area contributed by atoms with Crippen molar-refractivity contribution in [3.8, 4) is 0 Å². The number of aromatic amines is 1. The molecule has 8 heteroatoms. The molecule has 0 spiro atoms. The monoisotopic (exact) mass is 319 g/mol. The molecular formula is C13H13ClF3N3O. The first-order valence-corrected chi connectivity index (χ1v) is 7.11. The number of H-pyrrole nitrogens is 1. The van der Waals surface area contributed by atoms with Gasteiger partial charge in [0, 0.05) is 17.6 Å². The third-order valence-electron chi connectivity index (χ3n) is 3.87. The van der Waals surface area contributed by atoms with Crippen LogP contribution in [-0.4, -0.2) is 19.9 Å². The number of hydrogen-bond donors (Lipinski definition) is 1. The Morgan fingerprint density at radius 3 is 2.57 bits per heavy atom. The van der Waals surface area contributed by atoms with Gasteiger partial charge < -0.3 is 4.98 Å². The quantitative estimate of drug-likeness (QED) is 0.818. The van der Waals surface area contributed by atoms with Crippen molar-refractivity contribution < 1.29 is 13.2 Å². The van der Waals surface area contributed by atoms with E-state index in [-0.39, 0.29) is 22.6 Å². The van der Waals surface area contributed by atoms with Gasteiger partial charge in [-0.2, -0.15) is 13.2 Å². The Hall–Kier alpha value is -1.50. The molecule has 2 aromatic heterocycles. The number of imidazole rings is 1. The van der Waals surface area contributed by atoms with E-state index in [4.69, 9.17) is 11.6 Å². The zero-order valence-corrected chi connectivity index (χ0v) is 11.7. The van der Waals surface area contributed by atoms with Crippen LogP contribution < -0.4 is 5.69 Å². The lowest BCUT2D eigenvalue weighted by molar-refractivity contribution is -0.137. The standard InChI is InChI=1S/C13H13ClF3N3O/c14-8-1-3-9(4-2-8)20-11-10(19-12(20)21)5-7(6-18-11)13(15,16)17/h5-6,8-9H,1-4H2,(H,19,21). The van der Waals surface area contributed by atoms with Gasteiger partial charge in [-0.05, 0) is 31.7 Å². The van der Waals surface area contributed by atoms with E-state index in [0.717, 1.165) is 37.9 Å². The number of rotatable bonds is 1. The second-order valence-electron chi connectivity index (χ2n) is 5.30. The summed E-state index contributed by atoms with van der Waals surface area (Å²) in [5, 5.41) is 0.104. The van der Waals surface area contributed by atoms with Crippen molar-refractivity contribution in [2.45, 2.75) is 43.3 Å². The van der Waals surface area contributed by atoms with E-state index in [2.05, 4.69) is 9.97 Å². The molecule has 0 unspecified atom stereocenters. The highest BCUT2D eigenvalue weighted by Crippen LogP contribution is 2.33. The Bertz CT molecular complexity index is 714. The minimum absolute atomic E-state index is 0.0644. The molecule has 0 bridgehead atoms. The zero-order valence-electron chi connectivity index (χ0n) is 11.0. The molecule has 114 valence electrons. The molecule has 4 nitrogen and oxygen atoms in total. The second kappa shape index (κ2) is 5.05. The predicted molar refractivity (Wildman–Crippen MR) is 72.5 cm³/mol. The molecule has 1 aliphatic rings. The third-order valence-corrected chi connectivity index (χ3v) is 4.31. The number of aromatic nitrogens is 3. The van der Waals surface area contributed by atoms with Crippen LogP contribution in [0.15, 0.2) is 17.1 Å². The number of alkyl halides is 4. The van der Waals surface area contributed by atoms with Crippen LogP contribution in [0.1, 0.15) is 37.3 Å². The highest BCUT2D eigenvalue weighted by molar-refractivity contribution is 6.20. The van der Waals surface area contributed by atoms with Crippen molar-refractivity contribution in [1.29, 1.82) is 0 Å². The SMILES string of the molecule is O=c1[nH]c2cc(C(F)(F)F)cnc2n1C1CCC(Cl)CC1. The smallest absolute Gasteiger partial charge is 0.304 e. The van der Waals surface area contributed by atoms with Gasteiger partial charge in [0.1, 0.15) is 0 Å². The lowest BCUT2D eigenvalue weighted by Crippen LogP contribution is -2.26. The highest BCUT2D eigenvalue weighted by atomic mass is 35.5. The summed E-state index contributed by atoms with van der Waals surface area (Å²) in [7, 11) is 0. The van der Waals surface area contributed by atoms with Gasteiger partial charge in [0.05, 0.1) is 11.1 Å². The maximum Gasteiger partial charge on any atom is 0.417 e. The minimum atomic E-state index is -4.48. The Morgan fingerprint density at radius 2 is 1.95 bits per heavy atom. The van der Waals surface area contributed by atoms with Gasteiger partial charge in [-0.15, -0.1) is 11.6 Å². The summed E-state index contributed by atoms with van der Waals surface area (Å²) in [6.07, 6.45) is -0.693. The normalized spacial score (nSPS) is 23.6. The van der Waals surface area contributed by atoms with Gasteiger partial charge in [0.2, 0.25) is 0 Å². The van der Waals surface area contributed by atoms with Crippen molar-refractivity contribution >= 4 is 22.8 Å². The average molecular weight is 320 g/mol. The number of nitrogens with zero attached hydrogens (tertiary/aromatic N) is 2. The van der Waals surface area contributed by atoms with Gasteiger partial charge in [-0.3, -0.25) is 4.57 Å². The number of fused-ring (bicyclic) bond motifs is 1. The van der Waals surface area contributed by atoms with Gasteiger partial charge in [0.25, 0.3) is 0 Å². The lowest BCUT2D eigenvalue weighted by atomic mass is 9.95. The Morgan fingerprint density at radius 1 is 1.29 bits per heavy atom. The van der Waals surface area contributed by atoms with Crippen molar-refractivity contribution in [2.75, 3.05) is 0 Å². The number of pyridine rings is 1. The highest BCUT2D eigenvalue weighted by Gasteiger charge is 2.32. The fourth-order valence-electron chi connectivity index (χ4n) is 2.80. The van der Waals surface area contributed by atoms with Crippen molar-refractivity contribution in [3.63, 3.8) is 0 Å². The molecule has 0 aromatic carbocycles.